The molecular weight excluding hydrogens is 294 g/mol. The Labute approximate surface area is 137 Å². The summed E-state index contributed by atoms with van der Waals surface area (Å²) in [4.78, 5) is 11.9. The SMILES string of the molecule is Cc1cc(NC(=O)OC(C)(C)C)cc(C)c1C1=CCSCC1. The smallest absolute Gasteiger partial charge is 0.412 e. The van der Waals surface area contributed by atoms with Crippen molar-refractivity contribution in [1.29, 1.82) is 0 Å². The van der Waals surface area contributed by atoms with Crippen molar-refractivity contribution in [3.05, 3.63) is 34.9 Å². The molecule has 1 aliphatic heterocycles. The average Bonchev–Trinajstić information content (AvgIpc) is 2.36. The maximum absolute atomic E-state index is 11.9. The average molecular weight is 319 g/mol. The van der Waals surface area contributed by atoms with Gasteiger partial charge in [0.05, 0.1) is 0 Å². The molecule has 120 valence electrons. The highest BCUT2D eigenvalue weighted by molar-refractivity contribution is 7.99. The third-order valence-electron chi connectivity index (χ3n) is 3.46. The number of hydrogen-bond donors (Lipinski definition) is 1. The van der Waals surface area contributed by atoms with Crippen LogP contribution in [-0.2, 0) is 4.74 Å². The summed E-state index contributed by atoms with van der Waals surface area (Å²) >= 11 is 1.97. The van der Waals surface area contributed by atoms with E-state index in [0.717, 1.165) is 17.9 Å². The minimum Gasteiger partial charge on any atom is -0.444 e. The van der Waals surface area contributed by atoms with Gasteiger partial charge >= 0.3 is 6.09 Å². The summed E-state index contributed by atoms with van der Waals surface area (Å²) in [6.07, 6.45) is 3.03. The van der Waals surface area contributed by atoms with Crippen LogP contribution in [0.15, 0.2) is 18.2 Å². The molecule has 0 saturated carbocycles. The molecule has 1 amide bonds. The van der Waals surface area contributed by atoms with Crippen molar-refractivity contribution in [1.82, 2.24) is 0 Å². The van der Waals surface area contributed by atoms with Crippen molar-refractivity contribution in [3.63, 3.8) is 0 Å². The van der Waals surface area contributed by atoms with E-state index in [1.165, 1.54) is 28.0 Å². The number of thioether (sulfide) groups is 1. The van der Waals surface area contributed by atoms with Crippen LogP contribution in [0.4, 0.5) is 10.5 Å². The van der Waals surface area contributed by atoms with Crippen molar-refractivity contribution in [2.45, 2.75) is 46.6 Å². The fraction of sp³-hybridized carbons (Fsp3) is 0.500. The Kier molecular flexibility index (Phi) is 5.22. The quantitative estimate of drug-likeness (QED) is 0.817. The number of anilines is 1. The number of aryl methyl sites for hydroxylation is 2. The van der Waals surface area contributed by atoms with Crippen molar-refractivity contribution in [2.24, 2.45) is 0 Å². The zero-order valence-corrected chi connectivity index (χ0v) is 14.9. The molecule has 0 unspecified atom stereocenters. The minimum absolute atomic E-state index is 0.410. The Morgan fingerprint density at radius 1 is 1.23 bits per heavy atom. The van der Waals surface area contributed by atoms with E-state index in [0.29, 0.717) is 0 Å². The third-order valence-corrected chi connectivity index (χ3v) is 4.36. The number of amides is 1. The molecule has 0 radical (unpaired) electrons. The lowest BCUT2D eigenvalue weighted by Crippen LogP contribution is -2.27. The molecule has 0 atom stereocenters. The maximum atomic E-state index is 11.9. The van der Waals surface area contributed by atoms with Crippen LogP contribution in [0.5, 0.6) is 0 Å². The molecule has 0 aromatic heterocycles. The van der Waals surface area contributed by atoms with Gasteiger partial charge < -0.3 is 4.74 Å². The maximum Gasteiger partial charge on any atom is 0.412 e. The first-order valence-electron chi connectivity index (χ1n) is 7.64. The molecule has 4 heteroatoms. The van der Waals surface area contributed by atoms with E-state index < -0.39 is 11.7 Å². The molecule has 0 fully saturated rings. The first-order valence-corrected chi connectivity index (χ1v) is 8.80. The van der Waals surface area contributed by atoms with Gasteiger partial charge in [0.1, 0.15) is 5.60 Å². The van der Waals surface area contributed by atoms with Gasteiger partial charge in [-0.2, -0.15) is 11.8 Å². The number of ether oxygens (including phenoxy) is 1. The number of rotatable bonds is 2. The highest BCUT2D eigenvalue weighted by Gasteiger charge is 2.17. The van der Waals surface area contributed by atoms with E-state index in [-0.39, 0.29) is 0 Å². The largest absolute Gasteiger partial charge is 0.444 e. The van der Waals surface area contributed by atoms with Gasteiger partial charge in [0.2, 0.25) is 0 Å². The molecule has 0 bridgehead atoms. The molecular formula is C18H25NO2S. The van der Waals surface area contributed by atoms with Gasteiger partial charge in [0.15, 0.2) is 0 Å². The number of allylic oxidation sites excluding steroid dienone is 1. The van der Waals surface area contributed by atoms with Gasteiger partial charge in [-0.3, -0.25) is 5.32 Å². The van der Waals surface area contributed by atoms with Gasteiger partial charge in [-0.25, -0.2) is 4.79 Å². The van der Waals surface area contributed by atoms with Gasteiger partial charge in [0.25, 0.3) is 0 Å². The summed E-state index contributed by atoms with van der Waals surface area (Å²) < 4.78 is 5.30. The topological polar surface area (TPSA) is 38.3 Å². The van der Waals surface area contributed by atoms with Crippen molar-refractivity contribution in [2.75, 3.05) is 16.8 Å². The van der Waals surface area contributed by atoms with Gasteiger partial charge in [-0.05, 0) is 81.2 Å². The first-order chi connectivity index (χ1) is 10.3. The van der Waals surface area contributed by atoms with Gasteiger partial charge in [-0.15, -0.1) is 0 Å². The second-order valence-electron chi connectivity index (χ2n) is 6.67. The Hall–Kier alpha value is -1.42. The second kappa shape index (κ2) is 6.78. The standard InChI is InChI=1S/C18H25NO2S/c1-12-10-15(19-17(20)21-18(3,4)5)11-13(2)16(12)14-6-8-22-9-7-14/h6,10-11H,7-9H2,1-5H3,(H,19,20). The van der Waals surface area contributed by atoms with E-state index in [2.05, 4.69) is 25.2 Å². The summed E-state index contributed by atoms with van der Waals surface area (Å²) in [5.41, 5.74) is 5.46. The number of benzene rings is 1. The molecule has 0 aliphatic carbocycles. The minimum atomic E-state index is -0.487. The molecule has 22 heavy (non-hydrogen) atoms. The normalized spacial score (nSPS) is 15.2. The Balaban J connectivity index is 2.19. The van der Waals surface area contributed by atoms with Crippen LogP contribution in [0.25, 0.3) is 5.57 Å². The summed E-state index contributed by atoms with van der Waals surface area (Å²) in [5.74, 6) is 2.27. The summed E-state index contributed by atoms with van der Waals surface area (Å²) in [6.45, 7) is 9.79. The monoisotopic (exact) mass is 319 g/mol. The molecule has 0 saturated heterocycles. The van der Waals surface area contributed by atoms with Crippen LogP contribution < -0.4 is 5.32 Å². The Morgan fingerprint density at radius 2 is 1.86 bits per heavy atom. The van der Waals surface area contributed by atoms with Crippen LogP contribution in [-0.4, -0.2) is 23.2 Å². The van der Waals surface area contributed by atoms with Crippen molar-refractivity contribution in [3.8, 4) is 0 Å². The fourth-order valence-corrected chi connectivity index (χ4v) is 3.57. The molecule has 1 aliphatic rings. The zero-order valence-electron chi connectivity index (χ0n) is 14.1. The zero-order chi connectivity index (χ0) is 16.3. The molecule has 1 aromatic rings. The van der Waals surface area contributed by atoms with Crippen LogP contribution in [0.2, 0.25) is 0 Å². The Morgan fingerprint density at radius 3 is 2.36 bits per heavy atom. The van der Waals surface area contributed by atoms with Crippen LogP contribution in [0.3, 0.4) is 0 Å². The molecule has 1 aromatic carbocycles. The molecule has 1 N–H and O–H groups in total. The summed E-state index contributed by atoms with van der Waals surface area (Å²) in [5, 5.41) is 2.83. The predicted molar refractivity (Wildman–Crippen MR) is 95.7 cm³/mol. The van der Waals surface area contributed by atoms with E-state index >= 15 is 0 Å². The predicted octanol–water partition coefficient (Wildman–Crippen LogP) is 5.17. The second-order valence-corrected chi connectivity index (χ2v) is 7.82. The first kappa shape index (κ1) is 16.9. The van der Waals surface area contributed by atoms with Gasteiger partial charge in [-0.1, -0.05) is 6.08 Å². The van der Waals surface area contributed by atoms with Crippen molar-refractivity contribution < 1.29 is 9.53 Å². The van der Waals surface area contributed by atoms with E-state index in [4.69, 9.17) is 4.74 Å². The molecule has 3 nitrogen and oxygen atoms in total. The highest BCUT2D eigenvalue weighted by Crippen LogP contribution is 2.32. The fourth-order valence-electron chi connectivity index (χ4n) is 2.72. The number of hydrogen-bond acceptors (Lipinski definition) is 3. The van der Waals surface area contributed by atoms with Crippen LogP contribution >= 0.6 is 11.8 Å². The van der Waals surface area contributed by atoms with Gasteiger partial charge in [0, 0.05) is 11.4 Å². The van der Waals surface area contributed by atoms with E-state index in [1.54, 1.807) is 0 Å². The molecule has 0 spiro atoms. The van der Waals surface area contributed by atoms with Crippen molar-refractivity contribution >= 4 is 29.1 Å². The Bertz CT molecular complexity index is 577. The molecule has 2 rings (SSSR count). The van der Waals surface area contributed by atoms with Crippen LogP contribution in [0, 0.1) is 13.8 Å². The van der Waals surface area contributed by atoms with Crippen LogP contribution in [0.1, 0.15) is 43.9 Å². The summed E-state index contributed by atoms with van der Waals surface area (Å²) in [7, 11) is 0. The number of carbonyl (C=O) groups is 1. The summed E-state index contributed by atoms with van der Waals surface area (Å²) in [6, 6.07) is 4.05. The third kappa shape index (κ3) is 4.54. The molecule has 1 heterocycles. The number of nitrogens with one attached hydrogen (secondary N) is 1. The van der Waals surface area contributed by atoms with E-state index in [9.17, 15) is 4.79 Å². The highest BCUT2D eigenvalue weighted by atomic mass is 32.2. The number of carbonyl (C=O) groups excluding carboxylic acids is 1. The van der Waals surface area contributed by atoms with E-state index in [1.807, 2.05) is 44.7 Å². The lowest BCUT2D eigenvalue weighted by molar-refractivity contribution is 0.0636. The lowest BCUT2D eigenvalue weighted by Gasteiger charge is -2.21. The lowest BCUT2D eigenvalue weighted by atomic mass is 9.93.